The SMILES string of the molecule is CNC(=O)Cc1ccc(NC(=O)C2(C#N)CCCC2)cc1. The van der Waals surface area contributed by atoms with Crippen molar-refractivity contribution in [3.63, 3.8) is 0 Å². The molecule has 0 spiro atoms. The molecule has 2 rings (SSSR count). The topological polar surface area (TPSA) is 82.0 Å². The van der Waals surface area contributed by atoms with E-state index in [2.05, 4.69) is 16.7 Å². The molecule has 0 aliphatic heterocycles. The van der Waals surface area contributed by atoms with Crippen molar-refractivity contribution in [3.8, 4) is 6.07 Å². The summed E-state index contributed by atoms with van der Waals surface area (Å²) in [5.41, 5.74) is 0.659. The van der Waals surface area contributed by atoms with Crippen LogP contribution in [0.15, 0.2) is 24.3 Å². The smallest absolute Gasteiger partial charge is 0.244 e. The molecule has 2 N–H and O–H groups in total. The number of rotatable bonds is 4. The fraction of sp³-hybridized carbons (Fsp3) is 0.438. The van der Waals surface area contributed by atoms with Crippen LogP contribution in [-0.4, -0.2) is 18.9 Å². The fourth-order valence-corrected chi connectivity index (χ4v) is 2.60. The highest BCUT2D eigenvalue weighted by atomic mass is 16.2. The average molecular weight is 285 g/mol. The van der Waals surface area contributed by atoms with Crippen molar-refractivity contribution in [3.05, 3.63) is 29.8 Å². The van der Waals surface area contributed by atoms with Crippen molar-refractivity contribution in [2.75, 3.05) is 12.4 Å². The van der Waals surface area contributed by atoms with Crippen LogP contribution in [-0.2, 0) is 16.0 Å². The zero-order chi connectivity index (χ0) is 15.3. The summed E-state index contributed by atoms with van der Waals surface area (Å²) >= 11 is 0. The quantitative estimate of drug-likeness (QED) is 0.887. The first-order valence-corrected chi connectivity index (χ1v) is 7.12. The number of benzene rings is 1. The highest BCUT2D eigenvalue weighted by Gasteiger charge is 2.41. The molecule has 5 heteroatoms. The number of hydrogen-bond donors (Lipinski definition) is 2. The van der Waals surface area contributed by atoms with E-state index in [1.807, 2.05) is 0 Å². The number of likely N-dealkylation sites (N-methyl/N-ethyl adjacent to an activating group) is 1. The van der Waals surface area contributed by atoms with Crippen LogP contribution < -0.4 is 10.6 Å². The lowest BCUT2D eigenvalue weighted by atomic mass is 9.87. The number of nitrogens with one attached hydrogen (secondary N) is 2. The minimum atomic E-state index is -0.874. The molecule has 1 aromatic carbocycles. The van der Waals surface area contributed by atoms with E-state index in [4.69, 9.17) is 0 Å². The summed E-state index contributed by atoms with van der Waals surface area (Å²) in [6.07, 6.45) is 3.42. The van der Waals surface area contributed by atoms with E-state index in [-0.39, 0.29) is 11.8 Å². The van der Waals surface area contributed by atoms with Crippen molar-refractivity contribution < 1.29 is 9.59 Å². The third-order valence-corrected chi connectivity index (χ3v) is 3.96. The lowest BCUT2D eigenvalue weighted by Crippen LogP contribution is -2.32. The molecule has 1 aromatic rings. The molecule has 1 aliphatic rings. The summed E-state index contributed by atoms with van der Waals surface area (Å²) in [4.78, 5) is 23.6. The Bertz CT molecular complexity index is 566. The van der Waals surface area contributed by atoms with Gasteiger partial charge in [0, 0.05) is 12.7 Å². The lowest BCUT2D eigenvalue weighted by Gasteiger charge is -2.19. The zero-order valence-corrected chi connectivity index (χ0v) is 12.1. The maximum absolute atomic E-state index is 12.3. The summed E-state index contributed by atoms with van der Waals surface area (Å²) < 4.78 is 0. The normalized spacial score (nSPS) is 16.0. The highest BCUT2D eigenvalue weighted by Crippen LogP contribution is 2.38. The van der Waals surface area contributed by atoms with E-state index in [0.717, 1.165) is 18.4 Å². The van der Waals surface area contributed by atoms with Crippen LogP contribution >= 0.6 is 0 Å². The predicted octanol–water partition coefficient (Wildman–Crippen LogP) is 2.00. The third kappa shape index (κ3) is 3.40. The first kappa shape index (κ1) is 15.0. The van der Waals surface area contributed by atoms with Crippen LogP contribution in [0.25, 0.3) is 0 Å². The summed E-state index contributed by atoms with van der Waals surface area (Å²) in [6, 6.07) is 9.31. The molecule has 1 saturated carbocycles. The van der Waals surface area contributed by atoms with Gasteiger partial charge in [-0.15, -0.1) is 0 Å². The van der Waals surface area contributed by atoms with Gasteiger partial charge in [-0.1, -0.05) is 25.0 Å². The van der Waals surface area contributed by atoms with Crippen LogP contribution in [0.4, 0.5) is 5.69 Å². The second kappa shape index (κ2) is 6.40. The predicted molar refractivity (Wildman–Crippen MR) is 79.4 cm³/mol. The van der Waals surface area contributed by atoms with Gasteiger partial charge in [-0.25, -0.2) is 0 Å². The zero-order valence-electron chi connectivity index (χ0n) is 12.1. The molecule has 110 valence electrons. The van der Waals surface area contributed by atoms with Crippen molar-refractivity contribution in [1.82, 2.24) is 5.32 Å². The number of nitrogens with zero attached hydrogens (tertiary/aromatic N) is 1. The fourth-order valence-electron chi connectivity index (χ4n) is 2.60. The van der Waals surface area contributed by atoms with E-state index < -0.39 is 5.41 Å². The number of hydrogen-bond acceptors (Lipinski definition) is 3. The minimum Gasteiger partial charge on any atom is -0.359 e. The van der Waals surface area contributed by atoms with Crippen LogP contribution in [0, 0.1) is 16.7 Å². The first-order chi connectivity index (χ1) is 10.1. The van der Waals surface area contributed by atoms with Crippen molar-refractivity contribution in [1.29, 1.82) is 5.26 Å². The Hall–Kier alpha value is -2.35. The van der Waals surface area contributed by atoms with E-state index in [1.165, 1.54) is 0 Å². The molecule has 0 saturated heterocycles. The molecule has 0 aromatic heterocycles. The van der Waals surface area contributed by atoms with Gasteiger partial charge in [0.2, 0.25) is 11.8 Å². The van der Waals surface area contributed by atoms with E-state index in [0.29, 0.717) is 24.9 Å². The van der Waals surface area contributed by atoms with Gasteiger partial charge in [-0.05, 0) is 30.5 Å². The summed E-state index contributed by atoms with van der Waals surface area (Å²) in [7, 11) is 1.60. The molecule has 1 aliphatic carbocycles. The molecular weight excluding hydrogens is 266 g/mol. The second-order valence-corrected chi connectivity index (χ2v) is 5.40. The summed E-state index contributed by atoms with van der Waals surface area (Å²) in [5.74, 6) is -0.275. The van der Waals surface area contributed by atoms with Gasteiger partial charge in [0.15, 0.2) is 0 Å². The Balaban J connectivity index is 2.02. The van der Waals surface area contributed by atoms with Gasteiger partial charge >= 0.3 is 0 Å². The maximum Gasteiger partial charge on any atom is 0.244 e. The molecule has 2 amide bonds. The largest absolute Gasteiger partial charge is 0.359 e. The Morgan fingerprint density at radius 3 is 2.38 bits per heavy atom. The van der Waals surface area contributed by atoms with Gasteiger partial charge in [0.05, 0.1) is 12.5 Å². The average Bonchev–Trinajstić information content (AvgIpc) is 2.99. The molecule has 0 unspecified atom stereocenters. The van der Waals surface area contributed by atoms with Crippen LogP contribution in [0.3, 0.4) is 0 Å². The highest BCUT2D eigenvalue weighted by molar-refractivity contribution is 5.97. The van der Waals surface area contributed by atoms with Gasteiger partial charge in [-0.3, -0.25) is 9.59 Å². The molecular formula is C16H19N3O2. The van der Waals surface area contributed by atoms with Gasteiger partial charge in [0.25, 0.3) is 0 Å². The van der Waals surface area contributed by atoms with Crippen molar-refractivity contribution in [2.24, 2.45) is 5.41 Å². The van der Waals surface area contributed by atoms with Gasteiger partial charge in [0.1, 0.15) is 5.41 Å². The number of carbonyl (C=O) groups excluding carboxylic acids is 2. The monoisotopic (exact) mass is 285 g/mol. The van der Waals surface area contributed by atoms with E-state index >= 15 is 0 Å². The second-order valence-electron chi connectivity index (χ2n) is 5.40. The van der Waals surface area contributed by atoms with Gasteiger partial charge < -0.3 is 10.6 Å². The molecule has 0 radical (unpaired) electrons. The lowest BCUT2D eigenvalue weighted by molar-refractivity contribution is -0.122. The van der Waals surface area contributed by atoms with Crippen LogP contribution in [0.1, 0.15) is 31.2 Å². The Morgan fingerprint density at radius 1 is 1.24 bits per heavy atom. The van der Waals surface area contributed by atoms with E-state index in [1.54, 1.807) is 31.3 Å². The third-order valence-electron chi connectivity index (χ3n) is 3.96. The Kier molecular flexibility index (Phi) is 4.59. The Morgan fingerprint density at radius 2 is 1.86 bits per heavy atom. The van der Waals surface area contributed by atoms with Crippen LogP contribution in [0.2, 0.25) is 0 Å². The van der Waals surface area contributed by atoms with Crippen molar-refractivity contribution in [2.45, 2.75) is 32.1 Å². The first-order valence-electron chi connectivity index (χ1n) is 7.12. The number of carbonyl (C=O) groups is 2. The molecule has 1 fully saturated rings. The minimum absolute atomic E-state index is 0.0545. The standard InChI is InChI=1S/C16H19N3O2/c1-18-14(20)10-12-4-6-13(7-5-12)19-15(21)16(11-17)8-2-3-9-16/h4-7H,2-3,8-10H2,1H3,(H,18,20)(H,19,21). The molecule has 0 heterocycles. The van der Waals surface area contributed by atoms with E-state index in [9.17, 15) is 14.9 Å². The molecule has 21 heavy (non-hydrogen) atoms. The number of anilines is 1. The van der Waals surface area contributed by atoms with Crippen molar-refractivity contribution >= 4 is 17.5 Å². The Labute approximate surface area is 124 Å². The maximum atomic E-state index is 12.3. The molecule has 5 nitrogen and oxygen atoms in total. The number of amides is 2. The molecule has 0 bridgehead atoms. The summed E-state index contributed by atoms with van der Waals surface area (Å²) in [6.45, 7) is 0. The summed E-state index contributed by atoms with van der Waals surface area (Å²) in [5, 5.41) is 14.7. The molecule has 0 atom stereocenters. The van der Waals surface area contributed by atoms with Gasteiger partial charge in [-0.2, -0.15) is 5.26 Å². The van der Waals surface area contributed by atoms with Crippen LogP contribution in [0.5, 0.6) is 0 Å². The number of nitriles is 1.